The zero-order valence-corrected chi connectivity index (χ0v) is 8.88. The highest BCUT2D eigenvalue weighted by Gasteiger charge is 2.28. The van der Waals surface area contributed by atoms with Gasteiger partial charge in [-0.3, -0.25) is 0 Å². The third-order valence-corrected chi connectivity index (χ3v) is 2.77. The van der Waals surface area contributed by atoms with Crippen LogP contribution in [0, 0.1) is 5.92 Å². The Morgan fingerprint density at radius 3 is 2.85 bits per heavy atom. The molecule has 1 rings (SSSR count). The van der Waals surface area contributed by atoms with Gasteiger partial charge in [-0.25, -0.2) is 0 Å². The Bertz CT molecular complexity index is 223. The van der Waals surface area contributed by atoms with E-state index in [0.717, 1.165) is 6.42 Å². The van der Waals surface area contributed by atoms with Gasteiger partial charge < -0.3 is 5.11 Å². The van der Waals surface area contributed by atoms with Gasteiger partial charge in [-0.1, -0.05) is 43.6 Å². The van der Waals surface area contributed by atoms with Crippen LogP contribution in [0.4, 0.5) is 0 Å². The molecule has 74 valence electrons. The summed E-state index contributed by atoms with van der Waals surface area (Å²) in [5, 5.41) is 10.0. The molecule has 2 unspecified atom stereocenters. The van der Waals surface area contributed by atoms with Crippen LogP contribution in [0.25, 0.3) is 0 Å². The maximum absolute atomic E-state index is 10.0. The van der Waals surface area contributed by atoms with Crippen LogP contribution in [0.5, 0.6) is 0 Å². The highest BCUT2D eigenvalue weighted by Crippen LogP contribution is 2.30. The Kier molecular flexibility index (Phi) is 3.32. The summed E-state index contributed by atoms with van der Waals surface area (Å²) in [4.78, 5) is 0. The molecule has 0 aliphatic heterocycles. The standard InChI is InChI=1S/C12H20O/c1-4-5-6-11-9-10(2)7-8-12(11,3)13/h7-9,11,13H,4-6H2,1-3H3. The molecule has 13 heavy (non-hydrogen) atoms. The molecule has 1 aliphatic carbocycles. The Morgan fingerprint density at radius 1 is 1.54 bits per heavy atom. The molecule has 0 aromatic carbocycles. The largest absolute Gasteiger partial charge is 0.385 e. The van der Waals surface area contributed by atoms with Crippen molar-refractivity contribution in [3.05, 3.63) is 23.8 Å². The molecule has 1 nitrogen and oxygen atoms in total. The van der Waals surface area contributed by atoms with Gasteiger partial charge in [-0.05, 0) is 20.3 Å². The summed E-state index contributed by atoms with van der Waals surface area (Å²) < 4.78 is 0. The molecule has 0 fully saturated rings. The van der Waals surface area contributed by atoms with Gasteiger partial charge in [0.2, 0.25) is 0 Å². The first-order chi connectivity index (χ1) is 6.06. The van der Waals surface area contributed by atoms with Crippen molar-refractivity contribution in [1.29, 1.82) is 0 Å². The number of hydrogen-bond acceptors (Lipinski definition) is 1. The molecule has 0 bridgehead atoms. The summed E-state index contributed by atoms with van der Waals surface area (Å²) >= 11 is 0. The van der Waals surface area contributed by atoms with Gasteiger partial charge in [-0.15, -0.1) is 0 Å². The minimum atomic E-state index is -0.630. The van der Waals surface area contributed by atoms with E-state index in [2.05, 4.69) is 19.9 Å². The zero-order chi connectivity index (χ0) is 9.90. The maximum atomic E-state index is 10.0. The van der Waals surface area contributed by atoms with E-state index >= 15 is 0 Å². The number of allylic oxidation sites excluding steroid dienone is 2. The Morgan fingerprint density at radius 2 is 2.23 bits per heavy atom. The van der Waals surface area contributed by atoms with Crippen molar-refractivity contribution in [2.24, 2.45) is 5.92 Å². The van der Waals surface area contributed by atoms with E-state index < -0.39 is 5.60 Å². The van der Waals surface area contributed by atoms with Gasteiger partial charge in [0.25, 0.3) is 0 Å². The van der Waals surface area contributed by atoms with Gasteiger partial charge in [0.05, 0.1) is 5.60 Å². The highest BCUT2D eigenvalue weighted by atomic mass is 16.3. The molecule has 0 amide bonds. The van der Waals surface area contributed by atoms with Crippen molar-refractivity contribution in [3.63, 3.8) is 0 Å². The van der Waals surface area contributed by atoms with Crippen molar-refractivity contribution in [3.8, 4) is 0 Å². The summed E-state index contributed by atoms with van der Waals surface area (Å²) in [6.45, 7) is 6.17. The monoisotopic (exact) mass is 180 g/mol. The molecular formula is C12H20O. The first-order valence-electron chi connectivity index (χ1n) is 5.16. The second-order valence-corrected chi connectivity index (χ2v) is 4.22. The molecule has 1 N–H and O–H groups in total. The minimum absolute atomic E-state index is 0.303. The minimum Gasteiger partial charge on any atom is -0.385 e. The molecule has 0 spiro atoms. The fourth-order valence-corrected chi connectivity index (χ4v) is 1.76. The summed E-state index contributed by atoms with van der Waals surface area (Å²) in [5.41, 5.74) is 0.641. The van der Waals surface area contributed by atoms with Crippen molar-refractivity contribution in [2.75, 3.05) is 0 Å². The topological polar surface area (TPSA) is 20.2 Å². The zero-order valence-electron chi connectivity index (χ0n) is 8.88. The average molecular weight is 180 g/mol. The molecule has 0 aromatic rings. The lowest BCUT2D eigenvalue weighted by atomic mass is 9.80. The van der Waals surface area contributed by atoms with Crippen molar-refractivity contribution >= 4 is 0 Å². The van der Waals surface area contributed by atoms with Crippen molar-refractivity contribution in [2.45, 2.75) is 45.6 Å². The molecule has 1 heteroatoms. The van der Waals surface area contributed by atoms with Crippen LogP contribution in [-0.2, 0) is 0 Å². The van der Waals surface area contributed by atoms with Crippen LogP contribution < -0.4 is 0 Å². The number of unbranched alkanes of at least 4 members (excludes halogenated alkanes) is 1. The Hall–Kier alpha value is -0.560. The molecule has 0 saturated heterocycles. The Labute approximate surface area is 81.2 Å². The average Bonchev–Trinajstić information content (AvgIpc) is 2.07. The smallest absolute Gasteiger partial charge is 0.0865 e. The first-order valence-corrected chi connectivity index (χ1v) is 5.16. The molecule has 0 heterocycles. The van der Waals surface area contributed by atoms with Gasteiger partial charge in [-0.2, -0.15) is 0 Å². The molecule has 0 saturated carbocycles. The second kappa shape index (κ2) is 4.10. The summed E-state index contributed by atoms with van der Waals surface area (Å²) in [5.74, 6) is 0.303. The van der Waals surface area contributed by atoms with Crippen molar-refractivity contribution in [1.82, 2.24) is 0 Å². The fraction of sp³-hybridized carbons (Fsp3) is 0.667. The van der Waals surface area contributed by atoms with Crippen LogP contribution in [0.3, 0.4) is 0 Å². The summed E-state index contributed by atoms with van der Waals surface area (Å²) in [6.07, 6.45) is 9.59. The predicted molar refractivity (Wildman–Crippen MR) is 56.5 cm³/mol. The highest BCUT2D eigenvalue weighted by molar-refractivity contribution is 5.27. The van der Waals surface area contributed by atoms with E-state index in [1.165, 1.54) is 18.4 Å². The van der Waals surface area contributed by atoms with Gasteiger partial charge in [0, 0.05) is 5.92 Å². The van der Waals surface area contributed by atoms with Crippen LogP contribution >= 0.6 is 0 Å². The predicted octanol–water partition coefficient (Wildman–Crippen LogP) is 3.06. The van der Waals surface area contributed by atoms with Crippen LogP contribution in [0.15, 0.2) is 23.8 Å². The van der Waals surface area contributed by atoms with E-state index in [1.54, 1.807) is 0 Å². The van der Waals surface area contributed by atoms with Gasteiger partial charge in [0.1, 0.15) is 0 Å². The van der Waals surface area contributed by atoms with Crippen LogP contribution in [0.2, 0.25) is 0 Å². The number of rotatable bonds is 3. The second-order valence-electron chi connectivity index (χ2n) is 4.22. The van der Waals surface area contributed by atoms with Crippen LogP contribution in [0.1, 0.15) is 40.0 Å². The van der Waals surface area contributed by atoms with E-state index in [4.69, 9.17) is 0 Å². The van der Waals surface area contributed by atoms with E-state index in [9.17, 15) is 5.11 Å². The molecular weight excluding hydrogens is 160 g/mol. The Balaban J connectivity index is 2.64. The lowest BCUT2D eigenvalue weighted by Crippen LogP contribution is -2.32. The molecule has 0 radical (unpaired) electrons. The van der Waals surface area contributed by atoms with Gasteiger partial charge in [0.15, 0.2) is 0 Å². The quantitative estimate of drug-likeness (QED) is 0.707. The summed E-state index contributed by atoms with van der Waals surface area (Å²) in [6, 6.07) is 0. The lowest BCUT2D eigenvalue weighted by Gasteiger charge is -2.31. The maximum Gasteiger partial charge on any atom is 0.0865 e. The third-order valence-electron chi connectivity index (χ3n) is 2.77. The molecule has 0 aromatic heterocycles. The summed E-state index contributed by atoms with van der Waals surface area (Å²) in [7, 11) is 0. The SMILES string of the molecule is CCCCC1C=C(C)C=CC1(C)O. The normalized spacial score (nSPS) is 33.2. The van der Waals surface area contributed by atoms with Crippen LogP contribution in [-0.4, -0.2) is 10.7 Å². The molecule has 2 atom stereocenters. The lowest BCUT2D eigenvalue weighted by molar-refractivity contribution is 0.0603. The number of hydrogen-bond donors (Lipinski definition) is 1. The van der Waals surface area contributed by atoms with E-state index in [0.29, 0.717) is 5.92 Å². The van der Waals surface area contributed by atoms with Crippen molar-refractivity contribution < 1.29 is 5.11 Å². The third kappa shape index (κ3) is 2.70. The van der Waals surface area contributed by atoms with Gasteiger partial charge >= 0.3 is 0 Å². The molecule has 1 aliphatic rings. The van der Waals surface area contributed by atoms with E-state index in [1.807, 2.05) is 19.1 Å². The number of aliphatic hydroxyl groups is 1. The van der Waals surface area contributed by atoms with E-state index in [-0.39, 0.29) is 0 Å². The first kappa shape index (κ1) is 10.5. The fourth-order valence-electron chi connectivity index (χ4n) is 1.76.